The van der Waals surface area contributed by atoms with Crippen LogP contribution in [0.5, 0.6) is 5.88 Å². The van der Waals surface area contributed by atoms with E-state index in [0.717, 1.165) is 29.1 Å². The first-order chi connectivity index (χ1) is 14.2. The van der Waals surface area contributed by atoms with Crippen LogP contribution in [0.4, 0.5) is 0 Å². The van der Waals surface area contributed by atoms with Crippen LogP contribution in [-0.2, 0) is 0 Å². The second-order valence-corrected chi connectivity index (χ2v) is 8.78. The van der Waals surface area contributed by atoms with Crippen LogP contribution in [0, 0.1) is 0 Å². The van der Waals surface area contributed by atoms with Gasteiger partial charge in [-0.2, -0.15) is 9.50 Å². The number of rotatable bonds is 4. The molecule has 0 radical (unpaired) electrons. The van der Waals surface area contributed by atoms with Crippen LogP contribution < -0.4 is 0 Å². The molecule has 148 valence electrons. The Kier molecular flexibility index (Phi) is 4.99. The molecule has 1 N–H and O–H groups in total. The van der Waals surface area contributed by atoms with Gasteiger partial charge in [0.25, 0.3) is 0 Å². The van der Waals surface area contributed by atoms with E-state index in [4.69, 9.17) is 11.6 Å². The van der Waals surface area contributed by atoms with E-state index in [0.29, 0.717) is 15.8 Å². The van der Waals surface area contributed by atoms with Gasteiger partial charge in [0, 0.05) is 10.6 Å². The summed E-state index contributed by atoms with van der Waals surface area (Å²) in [6.45, 7) is 2.02. The molecule has 3 heterocycles. The Hall–Kier alpha value is -2.41. The molecule has 0 amide bonds. The summed E-state index contributed by atoms with van der Waals surface area (Å²) < 4.78 is 1.56. The lowest BCUT2D eigenvalue weighted by Gasteiger charge is -2.34. The van der Waals surface area contributed by atoms with Crippen molar-refractivity contribution >= 4 is 27.9 Å². The van der Waals surface area contributed by atoms with Crippen molar-refractivity contribution in [2.75, 3.05) is 13.1 Å². The normalized spacial score (nSPS) is 16.3. The number of benzene rings is 2. The Morgan fingerprint density at radius 1 is 0.966 bits per heavy atom. The van der Waals surface area contributed by atoms with E-state index >= 15 is 0 Å². The number of fused-ring (bicyclic) bond motifs is 1. The molecule has 1 aliphatic heterocycles. The van der Waals surface area contributed by atoms with Gasteiger partial charge in [0.1, 0.15) is 0 Å². The number of aromatic hydroxyl groups is 1. The summed E-state index contributed by atoms with van der Waals surface area (Å²) in [5.74, 6) is 0.796. The van der Waals surface area contributed by atoms with Gasteiger partial charge >= 0.3 is 0 Å². The Bertz CT molecular complexity index is 1120. The van der Waals surface area contributed by atoms with Crippen molar-refractivity contribution in [1.82, 2.24) is 19.5 Å². The second kappa shape index (κ2) is 7.78. The second-order valence-electron chi connectivity index (χ2n) is 7.34. The summed E-state index contributed by atoms with van der Waals surface area (Å²) in [6, 6.07) is 17.7. The summed E-state index contributed by atoms with van der Waals surface area (Å²) in [5.41, 5.74) is 2.06. The maximum atomic E-state index is 11.1. The van der Waals surface area contributed by atoms with Crippen LogP contribution in [0.1, 0.15) is 35.7 Å². The Labute approximate surface area is 178 Å². The lowest BCUT2D eigenvalue weighted by Crippen LogP contribution is -2.34. The van der Waals surface area contributed by atoms with Gasteiger partial charge in [0.2, 0.25) is 10.8 Å². The molecule has 7 heteroatoms. The van der Waals surface area contributed by atoms with Crippen molar-refractivity contribution in [3.63, 3.8) is 0 Å². The lowest BCUT2D eigenvalue weighted by atomic mass is 10.0. The number of halogens is 1. The monoisotopic (exact) mass is 424 g/mol. The molecule has 1 fully saturated rings. The molecule has 5 nitrogen and oxygen atoms in total. The molecule has 1 saturated heterocycles. The first-order valence-electron chi connectivity index (χ1n) is 9.84. The topological polar surface area (TPSA) is 53.7 Å². The van der Waals surface area contributed by atoms with E-state index < -0.39 is 0 Å². The maximum Gasteiger partial charge on any atom is 0.230 e. The van der Waals surface area contributed by atoms with Gasteiger partial charge in [0.05, 0.1) is 10.9 Å². The third-order valence-electron chi connectivity index (χ3n) is 5.42. The van der Waals surface area contributed by atoms with Gasteiger partial charge in [-0.1, -0.05) is 71.8 Å². The molecular weight excluding hydrogens is 404 g/mol. The van der Waals surface area contributed by atoms with E-state index in [1.165, 1.54) is 30.6 Å². The molecule has 2 aromatic heterocycles. The van der Waals surface area contributed by atoms with Crippen molar-refractivity contribution < 1.29 is 5.11 Å². The zero-order chi connectivity index (χ0) is 19.8. The largest absolute Gasteiger partial charge is 0.492 e. The van der Waals surface area contributed by atoms with E-state index in [1.54, 1.807) is 4.52 Å². The predicted molar refractivity (Wildman–Crippen MR) is 117 cm³/mol. The van der Waals surface area contributed by atoms with Gasteiger partial charge < -0.3 is 5.11 Å². The highest BCUT2D eigenvalue weighted by Gasteiger charge is 2.30. The van der Waals surface area contributed by atoms with Crippen LogP contribution in [-0.4, -0.2) is 37.7 Å². The smallest absolute Gasteiger partial charge is 0.230 e. The molecule has 0 aliphatic carbocycles. The van der Waals surface area contributed by atoms with Crippen LogP contribution in [0.25, 0.3) is 16.3 Å². The Morgan fingerprint density at radius 2 is 1.69 bits per heavy atom. The summed E-state index contributed by atoms with van der Waals surface area (Å²) in [6.07, 6.45) is 3.60. The molecule has 0 bridgehead atoms. The Morgan fingerprint density at radius 3 is 2.38 bits per heavy atom. The van der Waals surface area contributed by atoms with Crippen molar-refractivity contribution in [3.8, 4) is 17.3 Å². The zero-order valence-electron chi connectivity index (χ0n) is 15.8. The van der Waals surface area contributed by atoms with Crippen LogP contribution in [0.3, 0.4) is 0 Å². The van der Waals surface area contributed by atoms with Crippen LogP contribution in [0.2, 0.25) is 5.02 Å². The molecule has 1 unspecified atom stereocenters. The first-order valence-corrected chi connectivity index (χ1v) is 11.0. The van der Waals surface area contributed by atoms with Crippen molar-refractivity contribution in [2.24, 2.45) is 0 Å². The average Bonchev–Trinajstić information content (AvgIpc) is 3.31. The summed E-state index contributed by atoms with van der Waals surface area (Å²) in [7, 11) is 0. The molecule has 1 aliphatic rings. The van der Waals surface area contributed by atoms with Crippen molar-refractivity contribution in [2.45, 2.75) is 25.3 Å². The van der Waals surface area contributed by atoms with Gasteiger partial charge in [0.15, 0.2) is 5.82 Å². The van der Waals surface area contributed by atoms with E-state index in [-0.39, 0.29) is 11.9 Å². The quantitative estimate of drug-likeness (QED) is 0.477. The molecule has 29 heavy (non-hydrogen) atoms. The number of piperidine rings is 1. The molecule has 0 spiro atoms. The minimum atomic E-state index is -0.0266. The van der Waals surface area contributed by atoms with Crippen LogP contribution in [0.15, 0.2) is 54.6 Å². The summed E-state index contributed by atoms with van der Waals surface area (Å²) in [4.78, 5) is 8.69. The van der Waals surface area contributed by atoms with E-state index in [2.05, 4.69) is 15.0 Å². The summed E-state index contributed by atoms with van der Waals surface area (Å²) in [5, 5.41) is 16.4. The SMILES string of the molecule is Oc1c(C(c2ccc(Cl)cc2)N2CCCCC2)sc2nc(-c3ccccc3)nn12. The number of likely N-dealkylation sites (tertiary alicyclic amines) is 1. The maximum absolute atomic E-state index is 11.1. The van der Waals surface area contributed by atoms with Gasteiger partial charge in [-0.15, -0.1) is 5.10 Å². The number of nitrogens with zero attached hydrogens (tertiary/aromatic N) is 4. The number of hydrogen-bond donors (Lipinski definition) is 1. The van der Waals surface area contributed by atoms with Crippen molar-refractivity contribution in [3.05, 3.63) is 70.1 Å². The standard InChI is InChI=1S/C22H21ClN4OS/c23-17-11-9-15(10-12-17)18(26-13-5-2-6-14-26)19-21(28)27-22(29-19)24-20(25-27)16-7-3-1-4-8-16/h1,3-4,7-12,18,28H,2,5-6,13-14H2. The zero-order valence-corrected chi connectivity index (χ0v) is 17.4. The van der Waals surface area contributed by atoms with Gasteiger partial charge in [-0.05, 0) is 43.6 Å². The third kappa shape index (κ3) is 3.52. The van der Waals surface area contributed by atoms with Crippen molar-refractivity contribution in [1.29, 1.82) is 0 Å². The van der Waals surface area contributed by atoms with Gasteiger partial charge in [-0.25, -0.2) is 0 Å². The molecule has 5 rings (SSSR count). The van der Waals surface area contributed by atoms with E-state index in [1.807, 2.05) is 54.6 Å². The van der Waals surface area contributed by atoms with Crippen LogP contribution >= 0.6 is 22.9 Å². The highest BCUT2D eigenvalue weighted by atomic mass is 35.5. The highest BCUT2D eigenvalue weighted by molar-refractivity contribution is 7.17. The number of hydrogen-bond acceptors (Lipinski definition) is 5. The fraction of sp³-hybridized carbons (Fsp3) is 0.273. The molecule has 0 saturated carbocycles. The Balaban J connectivity index is 1.59. The number of aromatic nitrogens is 3. The predicted octanol–water partition coefficient (Wildman–Crippen LogP) is 5.39. The molecule has 4 aromatic rings. The number of thiazole rings is 1. The van der Waals surface area contributed by atoms with E-state index in [9.17, 15) is 5.11 Å². The first kappa shape index (κ1) is 18.6. The fourth-order valence-electron chi connectivity index (χ4n) is 3.99. The fourth-order valence-corrected chi connectivity index (χ4v) is 5.23. The lowest BCUT2D eigenvalue weighted by molar-refractivity contribution is 0.186. The molecule has 2 aromatic carbocycles. The third-order valence-corrected chi connectivity index (χ3v) is 6.75. The molecular formula is C22H21ClN4OS. The summed E-state index contributed by atoms with van der Waals surface area (Å²) >= 11 is 7.62. The molecule has 1 atom stereocenters. The average molecular weight is 425 g/mol. The minimum Gasteiger partial charge on any atom is -0.492 e. The van der Waals surface area contributed by atoms with Gasteiger partial charge in [-0.3, -0.25) is 4.90 Å². The highest BCUT2D eigenvalue weighted by Crippen LogP contribution is 2.41. The minimum absolute atomic E-state index is 0.0266.